The summed E-state index contributed by atoms with van der Waals surface area (Å²) < 4.78 is 0. The molecule has 1 fully saturated rings. The van der Waals surface area contributed by atoms with Crippen molar-refractivity contribution in [2.75, 3.05) is 23.3 Å². The number of nitrogens with one attached hydrogen (secondary N) is 1. The second-order valence-corrected chi connectivity index (χ2v) is 9.73. The smallest absolute Gasteiger partial charge is 0.251 e. The maximum absolute atomic E-state index is 13.0. The topological polar surface area (TPSA) is 101 Å². The minimum Gasteiger partial charge on any atom is -0.365 e. The van der Waals surface area contributed by atoms with Crippen molar-refractivity contribution >= 4 is 34.1 Å². The van der Waals surface area contributed by atoms with Gasteiger partial charge < -0.3 is 16.0 Å². The molecule has 1 aliphatic heterocycles. The van der Waals surface area contributed by atoms with Crippen LogP contribution in [0.1, 0.15) is 58.4 Å². The van der Waals surface area contributed by atoms with E-state index in [0.717, 1.165) is 68.1 Å². The van der Waals surface area contributed by atoms with E-state index < -0.39 is 5.91 Å². The molecule has 2 aromatic rings. The lowest BCUT2D eigenvalue weighted by Crippen LogP contribution is -2.39. The molecule has 1 aliphatic carbocycles. The fraction of sp³-hybridized carbons (Fsp3) is 0.545. The third-order valence-electron chi connectivity index (χ3n) is 6.11. The van der Waals surface area contributed by atoms with Crippen LogP contribution in [0.2, 0.25) is 0 Å². The van der Waals surface area contributed by atoms with E-state index in [4.69, 9.17) is 5.73 Å². The molecule has 1 saturated heterocycles. The van der Waals surface area contributed by atoms with Crippen LogP contribution in [0.25, 0.3) is 0 Å². The van der Waals surface area contributed by atoms with Crippen molar-refractivity contribution in [3.63, 3.8) is 0 Å². The molecule has 4 rings (SSSR count). The van der Waals surface area contributed by atoms with Crippen LogP contribution in [0.15, 0.2) is 6.07 Å². The van der Waals surface area contributed by atoms with Crippen molar-refractivity contribution in [1.29, 1.82) is 0 Å². The van der Waals surface area contributed by atoms with E-state index in [-0.39, 0.29) is 11.8 Å². The summed E-state index contributed by atoms with van der Waals surface area (Å²) in [6, 6.07) is 1.96. The molecule has 30 heavy (non-hydrogen) atoms. The van der Waals surface area contributed by atoms with E-state index in [0.29, 0.717) is 16.5 Å². The van der Waals surface area contributed by atoms with Crippen molar-refractivity contribution in [3.8, 4) is 0 Å². The number of nitrogens with zero attached hydrogens (tertiary/aromatic N) is 3. The molecular weight excluding hydrogens is 398 g/mol. The Morgan fingerprint density at radius 2 is 1.83 bits per heavy atom. The zero-order valence-electron chi connectivity index (χ0n) is 17.8. The summed E-state index contributed by atoms with van der Waals surface area (Å²) in [4.78, 5) is 37.5. The van der Waals surface area contributed by atoms with Crippen LogP contribution in [0.4, 0.5) is 10.9 Å². The number of aryl methyl sites for hydroxylation is 2. The number of amides is 2. The summed E-state index contributed by atoms with van der Waals surface area (Å²) in [6.07, 6.45) is 4.32. The molecule has 8 heteroatoms. The first-order chi connectivity index (χ1) is 14.3. The second-order valence-electron chi connectivity index (χ2n) is 8.62. The van der Waals surface area contributed by atoms with E-state index in [1.165, 1.54) is 16.2 Å². The molecule has 0 radical (unpaired) electrons. The van der Waals surface area contributed by atoms with Crippen LogP contribution in [0.5, 0.6) is 0 Å². The Kier molecular flexibility index (Phi) is 5.77. The molecular formula is C22H29N5O2S. The maximum Gasteiger partial charge on any atom is 0.251 e. The van der Waals surface area contributed by atoms with E-state index >= 15 is 0 Å². The number of primary amides is 1. The molecule has 1 unspecified atom stereocenters. The standard InChI is InChI=1S/C22H29N5O2S/c1-12-4-5-16-17(10-12)30-21(18(16)19(23)28)26-20(29)15-6-8-27(9-7-15)22-24-13(2)11-14(3)25-22/h11-12,15H,4-10H2,1-3H3,(H2,23,28)(H,26,29). The summed E-state index contributed by atoms with van der Waals surface area (Å²) in [5.41, 5.74) is 9.15. The number of anilines is 2. The fourth-order valence-corrected chi connectivity index (χ4v) is 5.92. The van der Waals surface area contributed by atoms with Crippen LogP contribution in [0, 0.1) is 25.7 Å². The van der Waals surface area contributed by atoms with Gasteiger partial charge in [-0.1, -0.05) is 6.92 Å². The molecule has 2 amide bonds. The van der Waals surface area contributed by atoms with Crippen LogP contribution in [-0.4, -0.2) is 34.9 Å². The molecule has 3 N–H and O–H groups in total. The summed E-state index contributed by atoms with van der Waals surface area (Å²) >= 11 is 1.52. The average Bonchev–Trinajstić information content (AvgIpc) is 3.04. The number of aromatic nitrogens is 2. The Balaban J connectivity index is 1.44. The predicted octanol–water partition coefficient (Wildman–Crippen LogP) is 3.23. The Morgan fingerprint density at radius 1 is 1.17 bits per heavy atom. The van der Waals surface area contributed by atoms with Crippen LogP contribution >= 0.6 is 11.3 Å². The number of thiophene rings is 1. The Morgan fingerprint density at radius 3 is 2.47 bits per heavy atom. The lowest BCUT2D eigenvalue weighted by atomic mass is 9.88. The molecule has 0 bridgehead atoms. The van der Waals surface area contributed by atoms with Crippen LogP contribution in [0.3, 0.4) is 0 Å². The molecule has 0 saturated carbocycles. The summed E-state index contributed by atoms with van der Waals surface area (Å²) in [5.74, 6) is 0.773. The van der Waals surface area contributed by atoms with Gasteiger partial charge in [0, 0.05) is 35.3 Å². The Labute approximate surface area is 181 Å². The SMILES string of the molecule is Cc1cc(C)nc(N2CCC(C(=O)Nc3sc4c(c3C(N)=O)CCC(C)C4)CC2)n1. The van der Waals surface area contributed by atoms with E-state index in [1.807, 2.05) is 19.9 Å². The number of carbonyl (C=O) groups excluding carboxylic acids is 2. The summed E-state index contributed by atoms with van der Waals surface area (Å²) in [6.45, 7) is 7.63. The maximum atomic E-state index is 13.0. The molecule has 0 aromatic carbocycles. The lowest BCUT2D eigenvalue weighted by Gasteiger charge is -2.31. The number of piperidine rings is 1. The van der Waals surface area contributed by atoms with Gasteiger partial charge in [0.1, 0.15) is 5.00 Å². The molecule has 0 spiro atoms. The third kappa shape index (κ3) is 4.19. The number of nitrogens with two attached hydrogens (primary N) is 1. The van der Waals surface area contributed by atoms with Gasteiger partial charge in [-0.3, -0.25) is 9.59 Å². The quantitative estimate of drug-likeness (QED) is 0.780. The summed E-state index contributed by atoms with van der Waals surface area (Å²) in [7, 11) is 0. The van der Waals surface area contributed by atoms with Gasteiger partial charge >= 0.3 is 0 Å². The number of rotatable bonds is 4. The highest BCUT2D eigenvalue weighted by molar-refractivity contribution is 7.17. The highest BCUT2D eigenvalue weighted by Crippen LogP contribution is 2.39. The largest absolute Gasteiger partial charge is 0.365 e. The highest BCUT2D eigenvalue weighted by Gasteiger charge is 2.30. The van der Waals surface area contributed by atoms with Gasteiger partial charge in [-0.05, 0) is 63.5 Å². The first kappa shape index (κ1) is 20.8. The van der Waals surface area contributed by atoms with Gasteiger partial charge in [-0.2, -0.15) is 0 Å². The van der Waals surface area contributed by atoms with Gasteiger partial charge in [-0.25, -0.2) is 9.97 Å². The molecule has 1 atom stereocenters. The highest BCUT2D eigenvalue weighted by atomic mass is 32.1. The normalized spacial score (nSPS) is 19.4. The molecule has 2 aromatic heterocycles. The minimum atomic E-state index is -0.445. The molecule has 3 heterocycles. The number of hydrogen-bond acceptors (Lipinski definition) is 6. The third-order valence-corrected chi connectivity index (χ3v) is 7.28. The second kappa shape index (κ2) is 8.34. The van der Waals surface area contributed by atoms with Gasteiger partial charge in [0.25, 0.3) is 5.91 Å². The number of fused-ring (bicyclic) bond motifs is 1. The van der Waals surface area contributed by atoms with Gasteiger partial charge in [0.05, 0.1) is 5.56 Å². The monoisotopic (exact) mass is 427 g/mol. The Bertz CT molecular complexity index is 958. The van der Waals surface area contributed by atoms with Crippen molar-refractivity contribution in [1.82, 2.24) is 9.97 Å². The van der Waals surface area contributed by atoms with Crippen molar-refractivity contribution in [2.24, 2.45) is 17.6 Å². The number of hydrogen-bond donors (Lipinski definition) is 2. The zero-order chi connectivity index (χ0) is 21.4. The average molecular weight is 428 g/mol. The minimum absolute atomic E-state index is 0.0230. The van der Waals surface area contributed by atoms with Gasteiger partial charge in [-0.15, -0.1) is 11.3 Å². The van der Waals surface area contributed by atoms with Crippen LogP contribution < -0.4 is 16.0 Å². The van der Waals surface area contributed by atoms with E-state index in [1.54, 1.807) is 0 Å². The lowest BCUT2D eigenvalue weighted by molar-refractivity contribution is -0.120. The van der Waals surface area contributed by atoms with Crippen LogP contribution in [-0.2, 0) is 17.6 Å². The number of carbonyl (C=O) groups is 2. The van der Waals surface area contributed by atoms with Crippen molar-refractivity contribution in [3.05, 3.63) is 33.5 Å². The first-order valence-corrected chi connectivity index (χ1v) is 11.5. The Hall–Kier alpha value is -2.48. The molecule has 160 valence electrons. The molecule has 2 aliphatic rings. The van der Waals surface area contributed by atoms with Crippen molar-refractivity contribution in [2.45, 2.75) is 52.9 Å². The van der Waals surface area contributed by atoms with Crippen molar-refractivity contribution < 1.29 is 9.59 Å². The first-order valence-electron chi connectivity index (χ1n) is 10.6. The molecule has 7 nitrogen and oxygen atoms in total. The van der Waals surface area contributed by atoms with Gasteiger partial charge in [0.2, 0.25) is 11.9 Å². The van der Waals surface area contributed by atoms with E-state index in [2.05, 4.69) is 27.1 Å². The predicted molar refractivity (Wildman–Crippen MR) is 119 cm³/mol. The fourth-order valence-electron chi connectivity index (χ4n) is 4.50. The zero-order valence-corrected chi connectivity index (χ0v) is 18.6. The van der Waals surface area contributed by atoms with E-state index in [9.17, 15) is 9.59 Å². The van der Waals surface area contributed by atoms with Gasteiger partial charge in [0.15, 0.2) is 0 Å². The summed E-state index contributed by atoms with van der Waals surface area (Å²) in [5, 5.41) is 3.67.